The van der Waals surface area contributed by atoms with Crippen LogP contribution in [0.1, 0.15) is 13.8 Å². The third-order valence-electron chi connectivity index (χ3n) is 1.36. The number of carbonyl (C=O) groups is 2. The second-order valence-corrected chi connectivity index (χ2v) is 2.39. The van der Waals surface area contributed by atoms with Gasteiger partial charge in [0.1, 0.15) is 0 Å². The van der Waals surface area contributed by atoms with Crippen molar-refractivity contribution in [2.75, 3.05) is 13.2 Å². The van der Waals surface area contributed by atoms with E-state index in [-0.39, 0.29) is 13.2 Å². The molecular formula is C8H14O6. The smallest absolute Gasteiger partial charge is 0.338 e. The Morgan fingerprint density at radius 2 is 1.29 bits per heavy atom. The molecule has 0 saturated carbocycles. The lowest BCUT2D eigenvalue weighted by molar-refractivity contribution is -0.172. The molecule has 0 aromatic carbocycles. The van der Waals surface area contributed by atoms with Crippen molar-refractivity contribution in [2.45, 2.75) is 26.1 Å². The van der Waals surface area contributed by atoms with E-state index in [0.29, 0.717) is 0 Å². The number of hydrogen-bond acceptors (Lipinski definition) is 6. The molecule has 0 aliphatic rings. The SMILES string of the molecule is CCOC(=O)C(O)[C@H](O)C(=O)OCC. The standard InChI is InChI=1S/C8H14O6/c1-3-13-7(11)5(9)6(10)8(12)14-4-2/h5-6,9-10H,3-4H2,1-2H3/t5-,6?/m0/s1. The third-order valence-corrected chi connectivity index (χ3v) is 1.36. The van der Waals surface area contributed by atoms with Crippen LogP contribution in [0, 0.1) is 0 Å². The van der Waals surface area contributed by atoms with Crippen LogP contribution in [0.15, 0.2) is 0 Å². The molecule has 0 aromatic heterocycles. The number of hydrogen-bond donors (Lipinski definition) is 2. The van der Waals surface area contributed by atoms with Gasteiger partial charge in [0.05, 0.1) is 13.2 Å². The van der Waals surface area contributed by atoms with E-state index in [1.807, 2.05) is 0 Å². The molecule has 2 N–H and O–H groups in total. The van der Waals surface area contributed by atoms with Crippen LogP contribution < -0.4 is 0 Å². The van der Waals surface area contributed by atoms with E-state index >= 15 is 0 Å². The van der Waals surface area contributed by atoms with Gasteiger partial charge in [-0.2, -0.15) is 0 Å². The minimum Gasteiger partial charge on any atom is -0.464 e. The van der Waals surface area contributed by atoms with Gasteiger partial charge < -0.3 is 19.7 Å². The summed E-state index contributed by atoms with van der Waals surface area (Å²) >= 11 is 0. The summed E-state index contributed by atoms with van der Waals surface area (Å²) in [6, 6.07) is 0. The zero-order chi connectivity index (χ0) is 11.1. The molecule has 0 aliphatic heterocycles. The summed E-state index contributed by atoms with van der Waals surface area (Å²) in [6.45, 7) is 3.21. The fourth-order valence-corrected chi connectivity index (χ4v) is 0.713. The van der Waals surface area contributed by atoms with Crippen molar-refractivity contribution in [3.8, 4) is 0 Å². The number of carbonyl (C=O) groups excluding carboxylic acids is 2. The number of aliphatic hydroxyl groups is 2. The topological polar surface area (TPSA) is 93.1 Å². The minimum atomic E-state index is -1.89. The fourth-order valence-electron chi connectivity index (χ4n) is 0.713. The Hall–Kier alpha value is -1.14. The van der Waals surface area contributed by atoms with Gasteiger partial charge in [0.25, 0.3) is 0 Å². The maximum Gasteiger partial charge on any atom is 0.338 e. The Kier molecular flexibility index (Phi) is 5.82. The van der Waals surface area contributed by atoms with E-state index in [9.17, 15) is 9.59 Å². The van der Waals surface area contributed by atoms with Gasteiger partial charge >= 0.3 is 11.9 Å². The van der Waals surface area contributed by atoms with Crippen LogP contribution in [-0.4, -0.2) is 47.6 Å². The molecule has 14 heavy (non-hydrogen) atoms. The van der Waals surface area contributed by atoms with Crippen LogP contribution in [0.2, 0.25) is 0 Å². The number of ether oxygens (including phenoxy) is 2. The molecule has 6 heteroatoms. The van der Waals surface area contributed by atoms with E-state index in [4.69, 9.17) is 10.2 Å². The molecule has 2 atom stereocenters. The molecule has 82 valence electrons. The first-order valence-corrected chi connectivity index (χ1v) is 4.24. The minimum absolute atomic E-state index is 0.0610. The molecule has 0 rings (SSSR count). The quantitative estimate of drug-likeness (QED) is 0.551. The maximum absolute atomic E-state index is 10.9. The average molecular weight is 206 g/mol. The third kappa shape index (κ3) is 3.71. The van der Waals surface area contributed by atoms with Gasteiger partial charge in [-0.15, -0.1) is 0 Å². The van der Waals surface area contributed by atoms with Crippen molar-refractivity contribution in [3.63, 3.8) is 0 Å². The second kappa shape index (κ2) is 6.33. The second-order valence-electron chi connectivity index (χ2n) is 2.39. The van der Waals surface area contributed by atoms with Gasteiger partial charge in [0.15, 0.2) is 12.2 Å². The molecule has 0 fully saturated rings. The highest BCUT2D eigenvalue weighted by molar-refractivity contribution is 5.85. The highest BCUT2D eigenvalue weighted by Gasteiger charge is 2.32. The lowest BCUT2D eigenvalue weighted by Crippen LogP contribution is -2.41. The molecule has 0 spiro atoms. The van der Waals surface area contributed by atoms with Crippen LogP contribution >= 0.6 is 0 Å². The highest BCUT2D eigenvalue weighted by Crippen LogP contribution is 1.99. The van der Waals surface area contributed by atoms with E-state index in [0.717, 1.165) is 0 Å². The molecule has 0 saturated heterocycles. The Labute approximate surface area is 81.4 Å². The zero-order valence-corrected chi connectivity index (χ0v) is 8.10. The van der Waals surface area contributed by atoms with Crippen LogP contribution in [0.4, 0.5) is 0 Å². The number of esters is 2. The van der Waals surface area contributed by atoms with Crippen molar-refractivity contribution in [1.29, 1.82) is 0 Å². The van der Waals surface area contributed by atoms with Gasteiger partial charge in [-0.1, -0.05) is 0 Å². The lowest BCUT2D eigenvalue weighted by atomic mass is 10.2. The molecule has 0 aliphatic carbocycles. The highest BCUT2D eigenvalue weighted by atomic mass is 16.6. The lowest BCUT2D eigenvalue weighted by Gasteiger charge is -2.14. The predicted molar refractivity (Wildman–Crippen MR) is 45.3 cm³/mol. The monoisotopic (exact) mass is 206 g/mol. The van der Waals surface area contributed by atoms with E-state index in [2.05, 4.69) is 9.47 Å². The first-order chi connectivity index (χ1) is 6.54. The van der Waals surface area contributed by atoms with Crippen LogP contribution in [-0.2, 0) is 19.1 Å². The summed E-state index contributed by atoms with van der Waals surface area (Å²) in [7, 11) is 0. The van der Waals surface area contributed by atoms with Crippen molar-refractivity contribution >= 4 is 11.9 Å². The summed E-state index contributed by atoms with van der Waals surface area (Å²) in [4.78, 5) is 21.7. The van der Waals surface area contributed by atoms with Crippen LogP contribution in [0.5, 0.6) is 0 Å². The van der Waals surface area contributed by atoms with Crippen molar-refractivity contribution in [2.24, 2.45) is 0 Å². The normalized spacial score (nSPS) is 14.3. The molecule has 0 bridgehead atoms. The first-order valence-electron chi connectivity index (χ1n) is 4.24. The van der Waals surface area contributed by atoms with Gasteiger partial charge in [0.2, 0.25) is 0 Å². The maximum atomic E-state index is 10.9. The first kappa shape index (κ1) is 12.9. The van der Waals surface area contributed by atoms with Crippen LogP contribution in [0.25, 0.3) is 0 Å². The largest absolute Gasteiger partial charge is 0.464 e. The van der Waals surface area contributed by atoms with Crippen LogP contribution in [0.3, 0.4) is 0 Å². The number of rotatable bonds is 5. The van der Waals surface area contributed by atoms with Crippen molar-refractivity contribution < 1.29 is 29.3 Å². The van der Waals surface area contributed by atoms with Gasteiger partial charge in [-0.25, -0.2) is 9.59 Å². The Balaban J connectivity index is 4.16. The Bertz CT molecular complexity index is 180. The molecule has 0 aromatic rings. The van der Waals surface area contributed by atoms with Gasteiger partial charge in [-0.3, -0.25) is 0 Å². The predicted octanol–water partition coefficient (Wildman–Crippen LogP) is -1.17. The summed E-state index contributed by atoms with van der Waals surface area (Å²) < 4.78 is 8.79. The Morgan fingerprint density at radius 1 is 1.00 bits per heavy atom. The van der Waals surface area contributed by atoms with Crippen molar-refractivity contribution in [3.05, 3.63) is 0 Å². The summed E-state index contributed by atoms with van der Waals surface area (Å²) in [5, 5.41) is 18.2. The van der Waals surface area contributed by atoms with Crippen molar-refractivity contribution in [1.82, 2.24) is 0 Å². The zero-order valence-electron chi connectivity index (χ0n) is 8.10. The average Bonchev–Trinajstić information content (AvgIpc) is 2.16. The Morgan fingerprint density at radius 3 is 1.50 bits per heavy atom. The van der Waals surface area contributed by atoms with Gasteiger partial charge in [-0.05, 0) is 13.8 Å². The molecule has 6 nitrogen and oxygen atoms in total. The molecule has 0 radical (unpaired) electrons. The van der Waals surface area contributed by atoms with E-state index in [1.165, 1.54) is 0 Å². The number of aliphatic hydroxyl groups excluding tert-OH is 2. The summed E-state index contributed by atoms with van der Waals surface area (Å²) in [5.74, 6) is -2.10. The molecular weight excluding hydrogens is 192 g/mol. The summed E-state index contributed by atoms with van der Waals surface area (Å²) in [5.41, 5.74) is 0. The van der Waals surface area contributed by atoms with E-state index < -0.39 is 24.1 Å². The summed E-state index contributed by atoms with van der Waals surface area (Å²) in [6.07, 6.45) is -3.79. The van der Waals surface area contributed by atoms with E-state index in [1.54, 1.807) is 13.8 Å². The molecule has 0 amide bonds. The fraction of sp³-hybridized carbons (Fsp3) is 0.750. The molecule has 1 unspecified atom stereocenters. The molecule has 0 heterocycles. The van der Waals surface area contributed by atoms with Gasteiger partial charge in [0, 0.05) is 0 Å².